The summed E-state index contributed by atoms with van der Waals surface area (Å²) in [6, 6.07) is 8.76. The topological polar surface area (TPSA) is 91.3 Å². The van der Waals surface area contributed by atoms with Crippen LogP contribution in [0.4, 0.5) is 11.5 Å². The molecule has 104 valence electrons. The minimum atomic E-state index is -0.559. The van der Waals surface area contributed by atoms with E-state index in [0.717, 1.165) is 16.9 Å². The molecule has 6 heteroatoms. The van der Waals surface area contributed by atoms with E-state index in [1.54, 1.807) is 0 Å². The summed E-state index contributed by atoms with van der Waals surface area (Å²) < 4.78 is 5.62. The molecule has 0 bridgehead atoms. The Morgan fingerprint density at radius 2 is 1.90 bits per heavy atom. The third-order valence-corrected chi connectivity index (χ3v) is 2.74. The van der Waals surface area contributed by atoms with Crippen molar-refractivity contribution in [2.24, 2.45) is 0 Å². The molecule has 0 atom stereocenters. The van der Waals surface area contributed by atoms with Crippen molar-refractivity contribution < 1.29 is 9.66 Å². The van der Waals surface area contributed by atoms with Crippen LogP contribution in [0.25, 0.3) is 0 Å². The van der Waals surface area contributed by atoms with Crippen LogP contribution in [0.5, 0.6) is 5.75 Å². The lowest BCUT2D eigenvalue weighted by atomic mass is 10.1. The first kappa shape index (κ1) is 13.8. The Morgan fingerprint density at radius 1 is 1.25 bits per heavy atom. The van der Waals surface area contributed by atoms with Crippen molar-refractivity contribution in [1.82, 2.24) is 4.98 Å². The number of hydrogen-bond acceptors (Lipinski definition) is 5. The number of anilines is 1. The van der Waals surface area contributed by atoms with Gasteiger partial charge in [0.05, 0.1) is 10.6 Å². The average Bonchev–Trinajstić information content (AvgIpc) is 2.35. The third kappa shape index (κ3) is 3.23. The van der Waals surface area contributed by atoms with Crippen LogP contribution in [-0.4, -0.2) is 9.91 Å². The number of ether oxygens (including phenoxy) is 1. The van der Waals surface area contributed by atoms with Crippen molar-refractivity contribution in [3.63, 3.8) is 0 Å². The first-order chi connectivity index (χ1) is 9.45. The molecule has 1 aromatic carbocycles. The molecule has 0 aliphatic heterocycles. The Morgan fingerprint density at radius 3 is 2.45 bits per heavy atom. The number of nitro groups is 1. The van der Waals surface area contributed by atoms with Gasteiger partial charge < -0.3 is 10.5 Å². The molecule has 0 radical (unpaired) electrons. The van der Waals surface area contributed by atoms with E-state index in [4.69, 9.17) is 10.5 Å². The average molecular weight is 273 g/mol. The van der Waals surface area contributed by atoms with Gasteiger partial charge in [0.15, 0.2) is 0 Å². The molecule has 20 heavy (non-hydrogen) atoms. The second-order valence-corrected chi connectivity index (χ2v) is 4.58. The summed E-state index contributed by atoms with van der Waals surface area (Å²) in [6.45, 7) is 4.19. The summed E-state index contributed by atoms with van der Waals surface area (Å²) in [7, 11) is 0. The third-order valence-electron chi connectivity index (χ3n) is 2.74. The lowest BCUT2D eigenvalue weighted by Gasteiger charge is -2.08. The summed E-state index contributed by atoms with van der Waals surface area (Å²) >= 11 is 0. The van der Waals surface area contributed by atoms with E-state index in [1.165, 1.54) is 12.1 Å². The molecular weight excluding hydrogens is 258 g/mol. The number of nitrogens with zero attached hydrogens (tertiary/aromatic N) is 2. The maximum atomic E-state index is 10.6. The first-order valence-corrected chi connectivity index (χ1v) is 6.06. The quantitative estimate of drug-likeness (QED) is 0.683. The van der Waals surface area contributed by atoms with Gasteiger partial charge in [0.25, 0.3) is 0 Å². The van der Waals surface area contributed by atoms with Gasteiger partial charge in [-0.25, -0.2) is 4.98 Å². The van der Waals surface area contributed by atoms with Gasteiger partial charge in [0, 0.05) is 6.07 Å². The van der Waals surface area contributed by atoms with Crippen LogP contribution in [0.3, 0.4) is 0 Å². The number of rotatable bonds is 4. The normalized spacial score (nSPS) is 10.3. The number of benzene rings is 1. The summed E-state index contributed by atoms with van der Waals surface area (Å²) in [5.74, 6) is 0.637. The molecule has 2 rings (SSSR count). The summed E-state index contributed by atoms with van der Waals surface area (Å²) in [6.07, 6.45) is 0. The van der Waals surface area contributed by atoms with Crippen molar-refractivity contribution >= 4 is 11.5 Å². The van der Waals surface area contributed by atoms with Gasteiger partial charge in [-0.3, -0.25) is 10.1 Å². The molecule has 1 aromatic heterocycles. The zero-order valence-corrected chi connectivity index (χ0v) is 11.3. The molecule has 0 aliphatic rings. The van der Waals surface area contributed by atoms with Crippen LogP contribution < -0.4 is 10.5 Å². The zero-order valence-electron chi connectivity index (χ0n) is 11.3. The molecule has 6 nitrogen and oxygen atoms in total. The van der Waals surface area contributed by atoms with E-state index in [1.807, 2.05) is 26.0 Å². The second kappa shape index (κ2) is 5.56. The highest BCUT2D eigenvalue weighted by molar-refractivity contribution is 5.52. The fourth-order valence-electron chi connectivity index (χ4n) is 1.92. The molecule has 0 fully saturated rings. The lowest BCUT2D eigenvalue weighted by Crippen LogP contribution is -2.04. The predicted molar refractivity (Wildman–Crippen MR) is 75.6 cm³/mol. The molecule has 0 saturated heterocycles. The van der Waals surface area contributed by atoms with Crippen LogP contribution in [-0.2, 0) is 6.61 Å². The van der Waals surface area contributed by atoms with Gasteiger partial charge in [-0.2, -0.15) is 0 Å². The zero-order chi connectivity index (χ0) is 14.7. The van der Waals surface area contributed by atoms with Crippen molar-refractivity contribution in [2.75, 3.05) is 5.73 Å². The van der Waals surface area contributed by atoms with Crippen molar-refractivity contribution in [3.8, 4) is 5.75 Å². The number of nitrogens with two attached hydrogens (primary N) is 1. The molecule has 1 heterocycles. The van der Waals surface area contributed by atoms with E-state index < -0.39 is 4.92 Å². The molecular formula is C14H15N3O3. The lowest BCUT2D eigenvalue weighted by molar-refractivity contribution is -0.384. The van der Waals surface area contributed by atoms with Crippen LogP contribution in [0, 0.1) is 24.0 Å². The highest BCUT2D eigenvalue weighted by Gasteiger charge is 2.12. The van der Waals surface area contributed by atoms with E-state index in [-0.39, 0.29) is 18.1 Å². The summed E-state index contributed by atoms with van der Waals surface area (Å²) in [5, 5.41) is 10.6. The van der Waals surface area contributed by atoms with E-state index >= 15 is 0 Å². The van der Waals surface area contributed by atoms with E-state index in [9.17, 15) is 10.1 Å². The van der Waals surface area contributed by atoms with Crippen molar-refractivity contribution in [1.29, 1.82) is 0 Å². The Labute approximate surface area is 116 Å². The van der Waals surface area contributed by atoms with Crippen LogP contribution in [0.1, 0.15) is 16.8 Å². The van der Waals surface area contributed by atoms with Crippen LogP contribution in [0.2, 0.25) is 0 Å². The Kier molecular flexibility index (Phi) is 3.84. The Bertz CT molecular complexity index is 636. The number of aryl methyl sites for hydroxylation is 2. The summed E-state index contributed by atoms with van der Waals surface area (Å²) in [5.41, 5.74) is 8.10. The number of aromatic nitrogens is 1. The molecule has 2 aromatic rings. The highest BCUT2D eigenvalue weighted by atomic mass is 16.6. The predicted octanol–water partition coefficient (Wildman–Crippen LogP) is 2.77. The SMILES string of the molecule is Cc1cc(C)cc(OCc2ccc([N+](=O)[O-])c(N)n2)c1. The Hall–Kier alpha value is -2.63. The maximum Gasteiger partial charge on any atom is 0.311 e. The van der Waals surface area contributed by atoms with Crippen LogP contribution >= 0.6 is 0 Å². The van der Waals surface area contributed by atoms with E-state index in [0.29, 0.717) is 5.69 Å². The van der Waals surface area contributed by atoms with E-state index in [2.05, 4.69) is 11.1 Å². The minimum Gasteiger partial charge on any atom is -0.487 e. The van der Waals surface area contributed by atoms with Gasteiger partial charge in [-0.05, 0) is 43.2 Å². The standard InChI is InChI=1S/C14H15N3O3/c1-9-5-10(2)7-12(6-9)20-8-11-3-4-13(17(18)19)14(15)16-11/h3-7H,8H2,1-2H3,(H2,15,16). The number of hydrogen-bond donors (Lipinski definition) is 1. The van der Waals surface area contributed by atoms with Gasteiger partial charge in [-0.15, -0.1) is 0 Å². The molecule has 0 saturated carbocycles. The molecule has 2 N–H and O–H groups in total. The second-order valence-electron chi connectivity index (χ2n) is 4.58. The fourth-order valence-corrected chi connectivity index (χ4v) is 1.92. The largest absolute Gasteiger partial charge is 0.487 e. The molecule has 0 unspecified atom stereocenters. The van der Waals surface area contributed by atoms with Gasteiger partial charge in [-0.1, -0.05) is 6.07 Å². The monoisotopic (exact) mass is 273 g/mol. The van der Waals surface area contributed by atoms with Gasteiger partial charge in [0.1, 0.15) is 12.4 Å². The van der Waals surface area contributed by atoms with Crippen molar-refractivity contribution in [2.45, 2.75) is 20.5 Å². The van der Waals surface area contributed by atoms with Crippen LogP contribution in [0.15, 0.2) is 30.3 Å². The molecule has 0 spiro atoms. The highest BCUT2D eigenvalue weighted by Crippen LogP contribution is 2.20. The first-order valence-electron chi connectivity index (χ1n) is 6.06. The van der Waals surface area contributed by atoms with Gasteiger partial charge in [0.2, 0.25) is 5.82 Å². The van der Waals surface area contributed by atoms with Crippen molar-refractivity contribution in [3.05, 3.63) is 57.3 Å². The number of nitrogen functional groups attached to an aromatic ring is 1. The maximum absolute atomic E-state index is 10.6. The smallest absolute Gasteiger partial charge is 0.311 e. The molecule has 0 aliphatic carbocycles. The Balaban J connectivity index is 2.11. The number of pyridine rings is 1. The fraction of sp³-hybridized carbons (Fsp3) is 0.214. The summed E-state index contributed by atoms with van der Waals surface area (Å²) in [4.78, 5) is 14.0. The minimum absolute atomic E-state index is 0.100. The molecule has 0 amide bonds. The van der Waals surface area contributed by atoms with Gasteiger partial charge >= 0.3 is 5.69 Å².